The van der Waals surface area contributed by atoms with Gasteiger partial charge in [-0.3, -0.25) is 0 Å². The van der Waals surface area contributed by atoms with E-state index >= 15 is 0 Å². The van der Waals surface area contributed by atoms with E-state index < -0.39 is 39.2 Å². The molecule has 0 aliphatic heterocycles. The standard InChI is InChI=1S/C26H26F6N2O2S/c1-24(11-12-24)15-34-14-20(23(26(30,31)32)33-37(35,36)17-5-4-6-17)19-10-9-16(13-22(19)34)18-7-2-3-8-21(18)25(27,28)29/h2-3,7-10,13-14,17,23,33H,4-6,11-12,15H2,1H3/t23-/m0/s1. The van der Waals surface area contributed by atoms with Gasteiger partial charge in [0.05, 0.1) is 10.8 Å². The van der Waals surface area contributed by atoms with Crippen molar-refractivity contribution in [1.29, 1.82) is 0 Å². The van der Waals surface area contributed by atoms with Gasteiger partial charge in [-0.1, -0.05) is 43.7 Å². The highest BCUT2D eigenvalue weighted by atomic mass is 32.2. The number of benzene rings is 2. The fourth-order valence-electron chi connectivity index (χ4n) is 4.86. The second-order valence-electron chi connectivity index (χ2n) is 10.5. The van der Waals surface area contributed by atoms with Crippen LogP contribution in [0, 0.1) is 5.41 Å². The number of rotatable bonds is 7. The summed E-state index contributed by atoms with van der Waals surface area (Å²) >= 11 is 0. The first-order valence-corrected chi connectivity index (χ1v) is 13.6. The van der Waals surface area contributed by atoms with E-state index in [1.807, 2.05) is 11.6 Å². The molecule has 0 radical (unpaired) electrons. The Morgan fingerprint density at radius 2 is 1.73 bits per heavy atom. The summed E-state index contributed by atoms with van der Waals surface area (Å²) in [6, 6.07) is 6.74. The number of hydrogen-bond acceptors (Lipinski definition) is 2. The molecule has 0 bridgehead atoms. The minimum Gasteiger partial charge on any atom is -0.347 e. The first kappa shape index (κ1) is 26.1. The van der Waals surface area contributed by atoms with Crippen LogP contribution in [0.15, 0.2) is 48.7 Å². The normalized spacial score (nSPS) is 19.1. The monoisotopic (exact) mass is 544 g/mol. The summed E-state index contributed by atoms with van der Waals surface area (Å²) in [4.78, 5) is 0. The number of fused-ring (bicyclic) bond motifs is 1. The molecular formula is C26H26F6N2O2S. The Morgan fingerprint density at radius 3 is 2.30 bits per heavy atom. The SMILES string of the molecule is CC1(Cn2cc([C@H](NS(=O)(=O)C3CCC3)C(F)(F)F)c3ccc(-c4ccccc4C(F)(F)F)cc32)CC1. The van der Waals surface area contributed by atoms with E-state index in [0.29, 0.717) is 31.3 Å². The van der Waals surface area contributed by atoms with E-state index in [0.717, 1.165) is 18.9 Å². The summed E-state index contributed by atoms with van der Waals surface area (Å²) in [5.41, 5.74) is -0.779. The van der Waals surface area contributed by atoms with Gasteiger partial charge in [-0.2, -0.15) is 31.1 Å². The largest absolute Gasteiger partial charge is 0.417 e. The Bertz CT molecular complexity index is 1430. The zero-order valence-electron chi connectivity index (χ0n) is 20.0. The fourth-order valence-corrected chi connectivity index (χ4v) is 6.60. The highest BCUT2D eigenvalue weighted by Gasteiger charge is 2.47. The molecule has 2 aromatic carbocycles. The molecule has 5 rings (SSSR count). The van der Waals surface area contributed by atoms with Crippen LogP contribution in [0.1, 0.15) is 56.2 Å². The molecule has 0 saturated heterocycles. The van der Waals surface area contributed by atoms with Crippen LogP contribution in [0.3, 0.4) is 0 Å². The van der Waals surface area contributed by atoms with Crippen LogP contribution >= 0.6 is 0 Å². The maximum atomic E-state index is 14.3. The third kappa shape index (κ3) is 5.12. The molecule has 37 heavy (non-hydrogen) atoms. The molecule has 1 aromatic heterocycles. The molecule has 2 fully saturated rings. The lowest BCUT2D eigenvalue weighted by molar-refractivity contribution is -0.152. The van der Waals surface area contributed by atoms with Gasteiger partial charge in [0.2, 0.25) is 10.0 Å². The average molecular weight is 545 g/mol. The highest BCUT2D eigenvalue weighted by Crippen LogP contribution is 2.48. The fraction of sp³-hybridized carbons (Fsp3) is 0.462. The van der Waals surface area contributed by atoms with Gasteiger partial charge in [0.25, 0.3) is 0 Å². The van der Waals surface area contributed by atoms with Crippen molar-refractivity contribution < 1.29 is 34.8 Å². The average Bonchev–Trinajstić information content (AvgIpc) is 3.38. The van der Waals surface area contributed by atoms with Crippen LogP contribution < -0.4 is 4.72 Å². The minimum atomic E-state index is -4.92. The lowest BCUT2D eigenvalue weighted by Crippen LogP contribution is -2.44. The van der Waals surface area contributed by atoms with Crippen molar-refractivity contribution in [2.24, 2.45) is 5.41 Å². The van der Waals surface area contributed by atoms with Crippen LogP contribution in [0.25, 0.3) is 22.0 Å². The highest BCUT2D eigenvalue weighted by molar-refractivity contribution is 7.90. The van der Waals surface area contributed by atoms with Gasteiger partial charge in [-0.15, -0.1) is 0 Å². The predicted molar refractivity (Wildman–Crippen MR) is 128 cm³/mol. The van der Waals surface area contributed by atoms with Gasteiger partial charge >= 0.3 is 12.4 Å². The first-order valence-electron chi connectivity index (χ1n) is 12.1. The summed E-state index contributed by atoms with van der Waals surface area (Å²) in [7, 11) is -4.21. The zero-order valence-corrected chi connectivity index (χ0v) is 20.8. The number of halogens is 6. The van der Waals surface area contributed by atoms with Crippen molar-refractivity contribution >= 4 is 20.9 Å². The van der Waals surface area contributed by atoms with Crippen molar-refractivity contribution in [3.63, 3.8) is 0 Å². The van der Waals surface area contributed by atoms with Crippen LogP contribution in [-0.2, 0) is 22.7 Å². The number of alkyl halides is 6. The number of nitrogens with zero attached hydrogens (tertiary/aromatic N) is 1. The van der Waals surface area contributed by atoms with E-state index in [4.69, 9.17) is 0 Å². The lowest BCUT2D eigenvalue weighted by Gasteiger charge is -2.29. The second-order valence-corrected chi connectivity index (χ2v) is 12.5. The third-order valence-corrected chi connectivity index (χ3v) is 9.44. The number of aromatic nitrogens is 1. The molecule has 0 amide bonds. The van der Waals surface area contributed by atoms with E-state index in [-0.39, 0.29) is 27.5 Å². The Hall–Kier alpha value is -2.53. The number of nitrogens with one attached hydrogen (secondary N) is 1. The number of sulfonamides is 1. The summed E-state index contributed by atoms with van der Waals surface area (Å²) in [6.45, 7) is 2.36. The Balaban J connectivity index is 1.65. The summed E-state index contributed by atoms with van der Waals surface area (Å²) in [5, 5.41) is -0.710. The molecule has 3 aromatic rings. The van der Waals surface area contributed by atoms with Crippen molar-refractivity contribution in [2.75, 3.05) is 0 Å². The molecule has 1 heterocycles. The molecule has 1 N–H and O–H groups in total. The van der Waals surface area contributed by atoms with Gasteiger partial charge in [-0.05, 0) is 54.4 Å². The van der Waals surface area contributed by atoms with Crippen LogP contribution in [0.2, 0.25) is 0 Å². The van der Waals surface area contributed by atoms with E-state index in [9.17, 15) is 34.8 Å². The Kier molecular flexibility index (Phi) is 6.18. The predicted octanol–water partition coefficient (Wildman–Crippen LogP) is 7.20. The summed E-state index contributed by atoms with van der Waals surface area (Å²) in [6.07, 6.45) is -5.23. The van der Waals surface area contributed by atoms with E-state index in [1.165, 1.54) is 42.6 Å². The van der Waals surface area contributed by atoms with Crippen molar-refractivity contribution in [1.82, 2.24) is 9.29 Å². The molecule has 4 nitrogen and oxygen atoms in total. The molecule has 2 aliphatic carbocycles. The van der Waals surface area contributed by atoms with Crippen LogP contribution in [-0.4, -0.2) is 24.4 Å². The topological polar surface area (TPSA) is 51.1 Å². The molecule has 200 valence electrons. The van der Waals surface area contributed by atoms with Gasteiger partial charge < -0.3 is 4.57 Å². The van der Waals surface area contributed by atoms with Gasteiger partial charge in [-0.25, -0.2) is 8.42 Å². The maximum Gasteiger partial charge on any atom is 0.417 e. The zero-order chi connectivity index (χ0) is 26.8. The summed E-state index contributed by atoms with van der Waals surface area (Å²) in [5.74, 6) is 0. The Labute approximate surface area is 210 Å². The van der Waals surface area contributed by atoms with Gasteiger partial charge in [0, 0.05) is 29.2 Å². The molecule has 2 aliphatic rings. The molecular weight excluding hydrogens is 518 g/mol. The Morgan fingerprint density at radius 1 is 1.05 bits per heavy atom. The maximum absolute atomic E-state index is 14.3. The van der Waals surface area contributed by atoms with Crippen LogP contribution in [0.5, 0.6) is 0 Å². The minimum absolute atomic E-state index is 0.0816. The van der Waals surface area contributed by atoms with Crippen molar-refractivity contribution in [2.45, 2.75) is 69.2 Å². The van der Waals surface area contributed by atoms with Gasteiger partial charge in [0.15, 0.2) is 0 Å². The van der Waals surface area contributed by atoms with Gasteiger partial charge in [0.1, 0.15) is 6.04 Å². The van der Waals surface area contributed by atoms with E-state index in [1.54, 1.807) is 4.57 Å². The second kappa shape index (κ2) is 8.76. The number of hydrogen-bond donors (Lipinski definition) is 1. The quantitative estimate of drug-likeness (QED) is 0.320. The third-order valence-electron chi connectivity index (χ3n) is 7.52. The summed E-state index contributed by atoms with van der Waals surface area (Å²) < 4.78 is 113. The smallest absolute Gasteiger partial charge is 0.347 e. The van der Waals surface area contributed by atoms with E-state index in [2.05, 4.69) is 0 Å². The van der Waals surface area contributed by atoms with Crippen molar-refractivity contribution in [3.05, 3.63) is 59.8 Å². The van der Waals surface area contributed by atoms with Crippen LogP contribution in [0.4, 0.5) is 26.3 Å². The molecule has 1 atom stereocenters. The molecule has 0 unspecified atom stereocenters. The molecule has 0 spiro atoms. The molecule has 11 heteroatoms. The first-order chi connectivity index (χ1) is 17.2. The lowest BCUT2D eigenvalue weighted by atomic mass is 9.97. The van der Waals surface area contributed by atoms with Crippen molar-refractivity contribution in [3.8, 4) is 11.1 Å². The molecule has 2 saturated carbocycles.